The number of alkyl halides is 1. The zero-order chi connectivity index (χ0) is 13.8. The molecule has 1 saturated heterocycles. The van der Waals surface area contributed by atoms with Crippen LogP contribution in [0.25, 0.3) is 0 Å². The van der Waals surface area contributed by atoms with E-state index in [4.69, 9.17) is 9.47 Å². The third-order valence-electron chi connectivity index (χ3n) is 4.52. The molecule has 3 heteroatoms. The van der Waals surface area contributed by atoms with Gasteiger partial charge in [0.1, 0.15) is 0 Å². The molecule has 20 heavy (non-hydrogen) atoms. The standard InChI is InChI=1S/C17H23IO2/c18-15(12-19-11-13-6-2-1-3-7-13)17-10-14-8-4-5-9-16(14)20-17/h1-3,6-7,14-17H,4-5,8-12H2. The highest BCUT2D eigenvalue weighted by Crippen LogP contribution is 2.39. The summed E-state index contributed by atoms with van der Waals surface area (Å²) < 4.78 is 12.6. The highest BCUT2D eigenvalue weighted by Gasteiger charge is 2.39. The van der Waals surface area contributed by atoms with Crippen molar-refractivity contribution < 1.29 is 9.47 Å². The van der Waals surface area contributed by atoms with Crippen LogP contribution in [-0.4, -0.2) is 22.7 Å². The van der Waals surface area contributed by atoms with Gasteiger partial charge in [-0.15, -0.1) is 0 Å². The van der Waals surface area contributed by atoms with E-state index in [9.17, 15) is 0 Å². The molecule has 0 N–H and O–H groups in total. The van der Waals surface area contributed by atoms with Gasteiger partial charge in [0.2, 0.25) is 0 Å². The van der Waals surface area contributed by atoms with Gasteiger partial charge in [-0.3, -0.25) is 0 Å². The fraction of sp³-hybridized carbons (Fsp3) is 0.647. The third kappa shape index (κ3) is 3.74. The molecule has 3 rings (SSSR count). The molecule has 2 nitrogen and oxygen atoms in total. The molecule has 1 aliphatic carbocycles. The van der Waals surface area contributed by atoms with Crippen LogP contribution < -0.4 is 0 Å². The topological polar surface area (TPSA) is 18.5 Å². The first-order chi connectivity index (χ1) is 9.83. The molecule has 2 fully saturated rings. The maximum atomic E-state index is 6.24. The van der Waals surface area contributed by atoms with Crippen molar-refractivity contribution in [1.29, 1.82) is 0 Å². The van der Waals surface area contributed by atoms with Crippen LogP contribution in [0.4, 0.5) is 0 Å². The van der Waals surface area contributed by atoms with E-state index < -0.39 is 0 Å². The molecule has 1 aliphatic heterocycles. The van der Waals surface area contributed by atoms with Crippen LogP contribution in [0.3, 0.4) is 0 Å². The van der Waals surface area contributed by atoms with Gasteiger partial charge in [-0.25, -0.2) is 0 Å². The van der Waals surface area contributed by atoms with E-state index in [-0.39, 0.29) is 0 Å². The monoisotopic (exact) mass is 386 g/mol. The SMILES string of the molecule is IC(COCc1ccccc1)C1CC2CCCCC2O1. The average Bonchev–Trinajstić information content (AvgIpc) is 2.92. The Labute approximate surface area is 135 Å². The van der Waals surface area contributed by atoms with E-state index in [2.05, 4.69) is 46.9 Å². The maximum absolute atomic E-state index is 6.24. The Hall–Kier alpha value is -0.130. The zero-order valence-corrected chi connectivity index (χ0v) is 14.0. The Morgan fingerprint density at radius 1 is 1.20 bits per heavy atom. The van der Waals surface area contributed by atoms with Crippen molar-refractivity contribution in [3.05, 3.63) is 35.9 Å². The Bertz CT molecular complexity index is 395. The first kappa shape index (κ1) is 14.8. The minimum absolute atomic E-state index is 0.402. The highest BCUT2D eigenvalue weighted by molar-refractivity contribution is 14.1. The van der Waals surface area contributed by atoms with E-state index in [1.54, 1.807) is 0 Å². The molecule has 1 heterocycles. The molecule has 110 valence electrons. The molecule has 1 aromatic carbocycles. The summed E-state index contributed by atoms with van der Waals surface area (Å²) in [6.07, 6.45) is 7.58. The molecule has 0 spiro atoms. The minimum atomic E-state index is 0.402. The second kappa shape index (κ2) is 7.23. The summed E-state index contributed by atoms with van der Waals surface area (Å²) >= 11 is 2.51. The fourth-order valence-electron chi connectivity index (χ4n) is 3.40. The summed E-state index contributed by atoms with van der Waals surface area (Å²) in [5, 5.41) is 0. The highest BCUT2D eigenvalue weighted by atomic mass is 127. The fourth-order valence-corrected chi connectivity index (χ4v) is 4.12. The van der Waals surface area contributed by atoms with Crippen LogP contribution in [0.15, 0.2) is 30.3 Å². The lowest BCUT2D eigenvalue weighted by atomic mass is 9.85. The Kier molecular flexibility index (Phi) is 5.35. The van der Waals surface area contributed by atoms with E-state index in [0.717, 1.165) is 12.5 Å². The molecular weight excluding hydrogens is 363 g/mol. The minimum Gasteiger partial charge on any atom is -0.376 e. The quantitative estimate of drug-likeness (QED) is 0.553. The Morgan fingerprint density at radius 3 is 2.80 bits per heavy atom. The second-order valence-electron chi connectivity index (χ2n) is 6.01. The van der Waals surface area contributed by atoms with Gasteiger partial charge in [0, 0.05) is 0 Å². The van der Waals surface area contributed by atoms with Crippen LogP contribution in [0, 0.1) is 5.92 Å². The summed E-state index contributed by atoms with van der Waals surface area (Å²) in [6, 6.07) is 10.4. The lowest BCUT2D eigenvalue weighted by Gasteiger charge is -2.23. The first-order valence-corrected chi connectivity index (χ1v) is 8.98. The van der Waals surface area contributed by atoms with Crippen molar-refractivity contribution >= 4 is 22.6 Å². The van der Waals surface area contributed by atoms with Crippen LogP contribution in [0.5, 0.6) is 0 Å². The molecule has 4 unspecified atom stereocenters. The number of hydrogen-bond acceptors (Lipinski definition) is 2. The van der Waals surface area contributed by atoms with Crippen LogP contribution >= 0.6 is 22.6 Å². The van der Waals surface area contributed by atoms with Gasteiger partial charge in [0.25, 0.3) is 0 Å². The molecule has 4 atom stereocenters. The zero-order valence-electron chi connectivity index (χ0n) is 11.8. The van der Waals surface area contributed by atoms with E-state index in [1.807, 2.05) is 6.07 Å². The van der Waals surface area contributed by atoms with Gasteiger partial charge >= 0.3 is 0 Å². The van der Waals surface area contributed by atoms with Crippen molar-refractivity contribution in [2.24, 2.45) is 5.92 Å². The van der Waals surface area contributed by atoms with Gasteiger partial charge in [-0.05, 0) is 30.7 Å². The molecule has 0 amide bonds. The summed E-state index contributed by atoms with van der Waals surface area (Å²) in [5.74, 6) is 0.820. The van der Waals surface area contributed by atoms with Gasteiger partial charge < -0.3 is 9.47 Å². The number of hydrogen-bond donors (Lipinski definition) is 0. The number of fused-ring (bicyclic) bond motifs is 1. The molecule has 0 aromatic heterocycles. The predicted octanol–water partition coefficient (Wildman–Crippen LogP) is 4.35. The third-order valence-corrected chi connectivity index (χ3v) is 5.68. The van der Waals surface area contributed by atoms with Crippen molar-refractivity contribution in [2.45, 2.75) is 54.8 Å². The van der Waals surface area contributed by atoms with Crippen LogP contribution in [0.1, 0.15) is 37.7 Å². The van der Waals surface area contributed by atoms with Gasteiger partial charge in [0.05, 0.1) is 29.3 Å². The Morgan fingerprint density at radius 2 is 2.00 bits per heavy atom. The molecule has 0 radical (unpaired) electrons. The molecule has 2 aliphatic rings. The van der Waals surface area contributed by atoms with Crippen LogP contribution in [0.2, 0.25) is 0 Å². The van der Waals surface area contributed by atoms with Crippen molar-refractivity contribution in [1.82, 2.24) is 0 Å². The maximum Gasteiger partial charge on any atom is 0.0722 e. The largest absolute Gasteiger partial charge is 0.376 e. The van der Waals surface area contributed by atoms with Crippen LogP contribution in [-0.2, 0) is 16.1 Å². The smallest absolute Gasteiger partial charge is 0.0722 e. The Balaban J connectivity index is 1.42. The predicted molar refractivity (Wildman–Crippen MR) is 89.1 cm³/mol. The van der Waals surface area contributed by atoms with Crippen molar-refractivity contribution in [2.75, 3.05) is 6.61 Å². The van der Waals surface area contributed by atoms with Gasteiger partial charge in [0.15, 0.2) is 0 Å². The second-order valence-corrected chi connectivity index (χ2v) is 7.61. The number of benzene rings is 1. The molecule has 1 aromatic rings. The normalized spacial score (nSPS) is 30.9. The van der Waals surface area contributed by atoms with Crippen molar-refractivity contribution in [3.8, 4) is 0 Å². The summed E-state index contributed by atoms with van der Waals surface area (Å²) in [7, 11) is 0. The summed E-state index contributed by atoms with van der Waals surface area (Å²) in [6.45, 7) is 1.50. The first-order valence-electron chi connectivity index (χ1n) is 7.74. The molecular formula is C17H23IO2. The van der Waals surface area contributed by atoms with Crippen molar-refractivity contribution in [3.63, 3.8) is 0 Å². The number of halogens is 1. The average molecular weight is 386 g/mol. The summed E-state index contributed by atoms with van der Waals surface area (Å²) in [4.78, 5) is 0. The number of rotatable bonds is 5. The lowest BCUT2D eigenvalue weighted by Crippen LogP contribution is -2.25. The van der Waals surface area contributed by atoms with Gasteiger partial charge in [-0.1, -0.05) is 65.8 Å². The van der Waals surface area contributed by atoms with E-state index >= 15 is 0 Å². The molecule has 1 saturated carbocycles. The van der Waals surface area contributed by atoms with E-state index in [0.29, 0.717) is 22.7 Å². The lowest BCUT2D eigenvalue weighted by molar-refractivity contribution is 0.00614. The van der Waals surface area contributed by atoms with E-state index in [1.165, 1.54) is 37.7 Å². The summed E-state index contributed by atoms with van der Waals surface area (Å²) in [5.41, 5.74) is 1.25. The molecule has 0 bridgehead atoms. The van der Waals surface area contributed by atoms with Gasteiger partial charge in [-0.2, -0.15) is 0 Å². The number of ether oxygens (including phenoxy) is 2.